The Morgan fingerprint density at radius 3 is 2.58 bits per heavy atom. The average Bonchev–Trinajstić information content (AvgIpc) is 2.47. The van der Waals surface area contributed by atoms with E-state index in [1.807, 2.05) is 30.3 Å². The van der Waals surface area contributed by atoms with E-state index in [0.29, 0.717) is 17.7 Å². The lowest BCUT2D eigenvalue weighted by Gasteiger charge is -2.08. The number of ether oxygens (including phenoxy) is 1. The van der Waals surface area contributed by atoms with E-state index < -0.39 is 0 Å². The molecule has 0 spiro atoms. The Hall–Kier alpha value is -2.54. The Kier molecular flexibility index (Phi) is 3.99. The molecule has 0 aromatic heterocycles. The average molecular weight is 256 g/mol. The Bertz CT molecular complexity index is 603. The van der Waals surface area contributed by atoms with Crippen molar-refractivity contribution in [3.8, 4) is 11.8 Å². The molecule has 0 saturated heterocycles. The van der Waals surface area contributed by atoms with Crippen molar-refractivity contribution in [2.24, 2.45) is 0 Å². The first kappa shape index (κ1) is 12.9. The van der Waals surface area contributed by atoms with Crippen molar-refractivity contribution in [2.45, 2.75) is 6.54 Å². The van der Waals surface area contributed by atoms with E-state index in [1.165, 1.54) is 12.1 Å². The summed E-state index contributed by atoms with van der Waals surface area (Å²) in [7, 11) is 1.60. The van der Waals surface area contributed by atoms with E-state index in [9.17, 15) is 4.39 Å². The Labute approximate surface area is 111 Å². The summed E-state index contributed by atoms with van der Waals surface area (Å²) in [5, 5.41) is 11.9. The van der Waals surface area contributed by atoms with E-state index in [0.717, 1.165) is 11.4 Å². The normalized spacial score (nSPS) is 9.74. The van der Waals surface area contributed by atoms with Gasteiger partial charge in [-0.1, -0.05) is 0 Å². The van der Waals surface area contributed by atoms with Crippen molar-refractivity contribution in [1.29, 1.82) is 5.26 Å². The molecule has 0 aliphatic carbocycles. The van der Waals surface area contributed by atoms with Crippen LogP contribution >= 0.6 is 0 Å². The predicted molar refractivity (Wildman–Crippen MR) is 71.4 cm³/mol. The number of anilines is 1. The summed E-state index contributed by atoms with van der Waals surface area (Å²) in [4.78, 5) is 0. The minimum Gasteiger partial charge on any atom is -0.497 e. The van der Waals surface area contributed by atoms with Crippen LogP contribution in [-0.2, 0) is 6.54 Å². The SMILES string of the molecule is COc1ccc(NCc2cc(C#N)ccc2F)cc1. The van der Waals surface area contributed by atoms with Crippen LogP contribution < -0.4 is 10.1 Å². The molecule has 1 N–H and O–H groups in total. The highest BCUT2D eigenvalue weighted by atomic mass is 19.1. The predicted octanol–water partition coefficient (Wildman–Crippen LogP) is 3.32. The third-order valence-electron chi connectivity index (χ3n) is 2.75. The highest BCUT2D eigenvalue weighted by Gasteiger charge is 2.03. The van der Waals surface area contributed by atoms with Gasteiger partial charge in [0.05, 0.1) is 18.7 Å². The summed E-state index contributed by atoms with van der Waals surface area (Å²) in [5.74, 6) is 0.447. The first-order valence-electron chi connectivity index (χ1n) is 5.79. The van der Waals surface area contributed by atoms with Gasteiger partial charge in [-0.05, 0) is 42.5 Å². The van der Waals surface area contributed by atoms with Gasteiger partial charge in [0, 0.05) is 17.8 Å². The van der Waals surface area contributed by atoms with Crippen LogP contribution in [0.2, 0.25) is 0 Å². The molecule has 0 aliphatic heterocycles. The van der Waals surface area contributed by atoms with Crippen LogP contribution in [0.4, 0.5) is 10.1 Å². The van der Waals surface area contributed by atoms with Crippen LogP contribution in [-0.4, -0.2) is 7.11 Å². The smallest absolute Gasteiger partial charge is 0.128 e. The van der Waals surface area contributed by atoms with Gasteiger partial charge in [0.25, 0.3) is 0 Å². The van der Waals surface area contributed by atoms with Crippen LogP contribution in [0.25, 0.3) is 0 Å². The van der Waals surface area contributed by atoms with Crippen molar-refractivity contribution in [3.63, 3.8) is 0 Å². The quantitative estimate of drug-likeness (QED) is 0.912. The van der Waals surface area contributed by atoms with Gasteiger partial charge >= 0.3 is 0 Å². The molecule has 2 aromatic carbocycles. The Morgan fingerprint density at radius 2 is 1.95 bits per heavy atom. The van der Waals surface area contributed by atoms with Crippen LogP contribution in [0.3, 0.4) is 0 Å². The summed E-state index contributed by atoms with van der Waals surface area (Å²) in [6.45, 7) is 0.327. The van der Waals surface area contributed by atoms with Gasteiger partial charge < -0.3 is 10.1 Å². The zero-order valence-corrected chi connectivity index (χ0v) is 10.5. The largest absolute Gasteiger partial charge is 0.497 e. The molecule has 96 valence electrons. The summed E-state index contributed by atoms with van der Waals surface area (Å²) in [6, 6.07) is 13.7. The van der Waals surface area contributed by atoms with Gasteiger partial charge in [0.15, 0.2) is 0 Å². The maximum atomic E-state index is 13.6. The zero-order valence-electron chi connectivity index (χ0n) is 10.5. The number of methoxy groups -OCH3 is 1. The minimum absolute atomic E-state index is 0.319. The van der Waals surface area contributed by atoms with E-state index in [2.05, 4.69) is 5.32 Å². The summed E-state index contributed by atoms with van der Waals surface area (Å²) in [5.41, 5.74) is 1.78. The third-order valence-corrected chi connectivity index (χ3v) is 2.75. The van der Waals surface area contributed by atoms with E-state index in [1.54, 1.807) is 13.2 Å². The minimum atomic E-state index is -0.319. The number of rotatable bonds is 4. The number of benzene rings is 2. The molecule has 0 heterocycles. The van der Waals surface area contributed by atoms with E-state index in [4.69, 9.17) is 10.00 Å². The molecule has 0 aliphatic rings. The molecule has 0 radical (unpaired) electrons. The first-order valence-corrected chi connectivity index (χ1v) is 5.79. The monoisotopic (exact) mass is 256 g/mol. The molecule has 4 heteroatoms. The van der Waals surface area contributed by atoms with E-state index in [-0.39, 0.29) is 5.82 Å². The number of nitriles is 1. The van der Waals surface area contributed by atoms with Gasteiger partial charge in [-0.2, -0.15) is 5.26 Å². The highest BCUT2D eigenvalue weighted by molar-refractivity contribution is 5.47. The van der Waals surface area contributed by atoms with Gasteiger partial charge in [0.2, 0.25) is 0 Å². The second-order valence-corrected chi connectivity index (χ2v) is 4.00. The summed E-state index contributed by atoms with van der Waals surface area (Å²) < 4.78 is 18.6. The second-order valence-electron chi connectivity index (χ2n) is 4.00. The number of nitrogens with one attached hydrogen (secondary N) is 1. The molecule has 0 amide bonds. The molecule has 2 aromatic rings. The molecule has 2 rings (SSSR count). The number of hydrogen-bond acceptors (Lipinski definition) is 3. The van der Waals surface area contributed by atoms with Crippen LogP contribution in [0.1, 0.15) is 11.1 Å². The molecular formula is C15H13FN2O. The number of nitrogens with zero attached hydrogens (tertiary/aromatic N) is 1. The lowest BCUT2D eigenvalue weighted by atomic mass is 10.1. The van der Waals surface area contributed by atoms with Crippen molar-refractivity contribution in [3.05, 3.63) is 59.4 Å². The fourth-order valence-corrected chi connectivity index (χ4v) is 1.69. The molecule has 0 bridgehead atoms. The fourth-order valence-electron chi connectivity index (χ4n) is 1.69. The fraction of sp³-hybridized carbons (Fsp3) is 0.133. The van der Waals surface area contributed by atoms with Gasteiger partial charge in [0.1, 0.15) is 11.6 Å². The lowest BCUT2D eigenvalue weighted by Crippen LogP contribution is -2.02. The topological polar surface area (TPSA) is 45.0 Å². The van der Waals surface area contributed by atoms with Crippen LogP contribution in [0.15, 0.2) is 42.5 Å². The Balaban J connectivity index is 2.07. The molecule has 0 saturated carbocycles. The van der Waals surface area contributed by atoms with Crippen molar-refractivity contribution in [1.82, 2.24) is 0 Å². The second kappa shape index (κ2) is 5.87. The maximum Gasteiger partial charge on any atom is 0.128 e. The molecule has 19 heavy (non-hydrogen) atoms. The maximum absolute atomic E-state index is 13.6. The first-order chi connectivity index (χ1) is 9.22. The molecule has 0 atom stereocenters. The standard InChI is InChI=1S/C15H13FN2O/c1-19-14-5-3-13(4-6-14)18-10-12-8-11(9-17)2-7-15(12)16/h2-8,18H,10H2,1H3. The Morgan fingerprint density at radius 1 is 1.21 bits per heavy atom. The number of halogens is 1. The third kappa shape index (κ3) is 3.23. The molecular weight excluding hydrogens is 243 g/mol. The van der Waals surface area contributed by atoms with Crippen LogP contribution in [0.5, 0.6) is 5.75 Å². The molecule has 0 fully saturated rings. The number of hydrogen-bond donors (Lipinski definition) is 1. The molecule has 0 unspecified atom stereocenters. The zero-order chi connectivity index (χ0) is 13.7. The summed E-state index contributed by atoms with van der Waals surface area (Å²) in [6.07, 6.45) is 0. The van der Waals surface area contributed by atoms with Gasteiger partial charge in [-0.15, -0.1) is 0 Å². The van der Waals surface area contributed by atoms with Crippen molar-refractivity contribution < 1.29 is 9.13 Å². The van der Waals surface area contributed by atoms with Crippen LogP contribution in [0, 0.1) is 17.1 Å². The lowest BCUT2D eigenvalue weighted by molar-refractivity contribution is 0.415. The van der Waals surface area contributed by atoms with E-state index >= 15 is 0 Å². The summed E-state index contributed by atoms with van der Waals surface area (Å²) >= 11 is 0. The molecule has 3 nitrogen and oxygen atoms in total. The van der Waals surface area contributed by atoms with Gasteiger partial charge in [-0.3, -0.25) is 0 Å². The van der Waals surface area contributed by atoms with Crippen molar-refractivity contribution >= 4 is 5.69 Å². The highest BCUT2D eigenvalue weighted by Crippen LogP contribution is 2.17. The van der Waals surface area contributed by atoms with Crippen molar-refractivity contribution in [2.75, 3.05) is 12.4 Å². The van der Waals surface area contributed by atoms with Gasteiger partial charge in [-0.25, -0.2) is 4.39 Å².